The summed E-state index contributed by atoms with van der Waals surface area (Å²) in [5.74, 6) is 0.717. The number of hydrogen-bond donors (Lipinski definition) is 1. The van der Waals surface area contributed by atoms with Gasteiger partial charge in [-0.2, -0.15) is 11.3 Å². The number of nitrogens with zero attached hydrogens (tertiary/aromatic N) is 1. The average Bonchev–Trinajstić information content (AvgIpc) is 3.24. The third-order valence-corrected chi connectivity index (χ3v) is 4.81. The lowest BCUT2D eigenvalue weighted by Crippen LogP contribution is -2.33. The van der Waals surface area contributed by atoms with E-state index in [1.807, 2.05) is 22.9 Å². The maximum Gasteiger partial charge on any atom is 0.322 e. The number of nitrogens with one attached hydrogen (secondary N) is 1. The van der Waals surface area contributed by atoms with Gasteiger partial charge < -0.3 is 14.6 Å². The van der Waals surface area contributed by atoms with Crippen molar-refractivity contribution >= 4 is 46.3 Å². The number of rotatable bonds is 5. The third kappa shape index (κ3) is 4.32. The van der Waals surface area contributed by atoms with Crippen molar-refractivity contribution in [1.29, 1.82) is 0 Å². The second-order valence-electron chi connectivity index (χ2n) is 5.13. The highest BCUT2D eigenvalue weighted by Gasteiger charge is 2.17. The summed E-state index contributed by atoms with van der Waals surface area (Å²) >= 11 is 13.5. The second kappa shape index (κ2) is 7.75. The molecule has 1 aromatic carbocycles. The van der Waals surface area contributed by atoms with E-state index in [0.29, 0.717) is 28.8 Å². The number of amides is 2. The van der Waals surface area contributed by atoms with Crippen LogP contribution < -0.4 is 5.32 Å². The standard InChI is InChI=1S/C17H14Cl2N2O2S/c18-15-4-3-13(8-16(15)19)20-17(22)21(9-12-5-7-24-11-12)10-14-2-1-6-23-14/h1-8,11H,9-10H2,(H,20,22). The summed E-state index contributed by atoms with van der Waals surface area (Å²) in [5.41, 5.74) is 1.65. The molecule has 0 atom stereocenters. The van der Waals surface area contributed by atoms with Gasteiger partial charge >= 0.3 is 6.03 Å². The Labute approximate surface area is 153 Å². The lowest BCUT2D eigenvalue weighted by Gasteiger charge is -2.22. The van der Waals surface area contributed by atoms with Gasteiger partial charge in [-0.3, -0.25) is 0 Å². The molecule has 4 nitrogen and oxygen atoms in total. The average molecular weight is 381 g/mol. The fourth-order valence-corrected chi connectivity index (χ4v) is 3.13. The molecule has 0 aliphatic carbocycles. The predicted molar refractivity (Wildman–Crippen MR) is 97.8 cm³/mol. The van der Waals surface area contributed by atoms with E-state index in [0.717, 1.165) is 11.3 Å². The molecule has 1 N–H and O–H groups in total. The minimum Gasteiger partial charge on any atom is -0.467 e. The summed E-state index contributed by atoms with van der Waals surface area (Å²) in [5, 5.41) is 7.68. The van der Waals surface area contributed by atoms with Crippen LogP contribution in [-0.2, 0) is 13.1 Å². The molecule has 7 heteroatoms. The number of hydrogen-bond acceptors (Lipinski definition) is 3. The lowest BCUT2D eigenvalue weighted by molar-refractivity contribution is 0.201. The Morgan fingerprint density at radius 3 is 2.71 bits per heavy atom. The van der Waals surface area contributed by atoms with Crippen LogP contribution in [0.2, 0.25) is 10.0 Å². The second-order valence-corrected chi connectivity index (χ2v) is 6.72. The molecule has 0 fully saturated rings. The fraction of sp³-hybridized carbons (Fsp3) is 0.118. The van der Waals surface area contributed by atoms with Crippen molar-refractivity contribution in [1.82, 2.24) is 4.90 Å². The van der Waals surface area contributed by atoms with Crippen LogP contribution in [0.4, 0.5) is 10.5 Å². The van der Waals surface area contributed by atoms with Gasteiger partial charge in [-0.05, 0) is 52.7 Å². The van der Waals surface area contributed by atoms with Crippen LogP contribution >= 0.6 is 34.5 Å². The molecule has 0 spiro atoms. The van der Waals surface area contributed by atoms with Gasteiger partial charge in [0.15, 0.2) is 0 Å². The number of urea groups is 1. The van der Waals surface area contributed by atoms with Gasteiger partial charge in [0.2, 0.25) is 0 Å². The van der Waals surface area contributed by atoms with Gasteiger partial charge in [-0.25, -0.2) is 4.79 Å². The number of furan rings is 1. The first kappa shape index (κ1) is 16.9. The van der Waals surface area contributed by atoms with Crippen LogP contribution in [0, 0.1) is 0 Å². The van der Waals surface area contributed by atoms with E-state index in [2.05, 4.69) is 5.32 Å². The predicted octanol–water partition coefficient (Wildman–Crippen LogP) is 5.88. The fourth-order valence-electron chi connectivity index (χ4n) is 2.17. The van der Waals surface area contributed by atoms with Crippen molar-refractivity contribution < 1.29 is 9.21 Å². The molecule has 2 amide bonds. The first-order valence-electron chi connectivity index (χ1n) is 7.16. The maximum absolute atomic E-state index is 12.7. The first-order chi connectivity index (χ1) is 11.6. The number of benzene rings is 1. The molecule has 3 rings (SSSR count). The van der Waals surface area contributed by atoms with E-state index in [1.54, 1.807) is 46.8 Å². The van der Waals surface area contributed by atoms with Crippen molar-refractivity contribution in [3.8, 4) is 0 Å². The quantitative estimate of drug-likeness (QED) is 0.600. The smallest absolute Gasteiger partial charge is 0.322 e. The van der Waals surface area contributed by atoms with Gasteiger partial charge in [0, 0.05) is 12.2 Å². The Kier molecular flexibility index (Phi) is 5.45. The van der Waals surface area contributed by atoms with Gasteiger partial charge in [-0.1, -0.05) is 23.2 Å². The van der Waals surface area contributed by atoms with Crippen molar-refractivity contribution in [2.45, 2.75) is 13.1 Å². The van der Waals surface area contributed by atoms with Crippen molar-refractivity contribution in [3.63, 3.8) is 0 Å². The van der Waals surface area contributed by atoms with Crippen LogP contribution in [0.3, 0.4) is 0 Å². The van der Waals surface area contributed by atoms with Gasteiger partial charge in [0.25, 0.3) is 0 Å². The monoisotopic (exact) mass is 380 g/mol. The number of halogens is 2. The van der Waals surface area contributed by atoms with Crippen LogP contribution in [-0.4, -0.2) is 10.9 Å². The van der Waals surface area contributed by atoms with Crippen molar-refractivity contribution in [2.24, 2.45) is 0 Å². The molecular weight excluding hydrogens is 367 g/mol. The Morgan fingerprint density at radius 1 is 1.17 bits per heavy atom. The Hall–Kier alpha value is -1.95. The molecule has 124 valence electrons. The topological polar surface area (TPSA) is 45.5 Å². The molecule has 0 aliphatic heterocycles. The molecular formula is C17H14Cl2N2O2S. The van der Waals surface area contributed by atoms with E-state index in [4.69, 9.17) is 27.6 Å². The molecule has 0 bridgehead atoms. The highest BCUT2D eigenvalue weighted by atomic mass is 35.5. The Balaban J connectivity index is 1.75. The highest BCUT2D eigenvalue weighted by Crippen LogP contribution is 2.25. The van der Waals surface area contributed by atoms with E-state index >= 15 is 0 Å². The molecule has 2 aromatic heterocycles. The molecule has 0 unspecified atom stereocenters. The zero-order valence-electron chi connectivity index (χ0n) is 12.5. The molecule has 24 heavy (non-hydrogen) atoms. The minimum atomic E-state index is -0.240. The van der Waals surface area contributed by atoms with Crippen LogP contribution in [0.5, 0.6) is 0 Å². The summed E-state index contributed by atoms with van der Waals surface area (Å²) in [7, 11) is 0. The zero-order chi connectivity index (χ0) is 16.9. The summed E-state index contributed by atoms with van der Waals surface area (Å²) in [6, 6.07) is 10.4. The summed E-state index contributed by atoms with van der Waals surface area (Å²) < 4.78 is 5.36. The molecule has 0 radical (unpaired) electrons. The van der Waals surface area contributed by atoms with Gasteiger partial charge in [0.1, 0.15) is 5.76 Å². The maximum atomic E-state index is 12.7. The zero-order valence-corrected chi connectivity index (χ0v) is 14.9. The van der Waals surface area contributed by atoms with Gasteiger partial charge in [0.05, 0.1) is 22.9 Å². The number of carbonyl (C=O) groups excluding carboxylic acids is 1. The first-order valence-corrected chi connectivity index (χ1v) is 8.86. The molecule has 3 aromatic rings. The molecule has 0 saturated carbocycles. The number of carbonyl (C=O) groups is 1. The summed E-state index contributed by atoms with van der Waals surface area (Å²) in [6.45, 7) is 0.855. The Morgan fingerprint density at radius 2 is 2.04 bits per heavy atom. The van der Waals surface area contributed by atoms with Crippen LogP contribution in [0.25, 0.3) is 0 Å². The van der Waals surface area contributed by atoms with Crippen LogP contribution in [0.1, 0.15) is 11.3 Å². The van der Waals surface area contributed by atoms with Crippen molar-refractivity contribution in [3.05, 3.63) is 74.8 Å². The van der Waals surface area contributed by atoms with E-state index in [-0.39, 0.29) is 6.03 Å². The van der Waals surface area contributed by atoms with E-state index in [9.17, 15) is 4.79 Å². The summed E-state index contributed by atoms with van der Waals surface area (Å²) in [6.07, 6.45) is 1.59. The SMILES string of the molecule is O=C(Nc1ccc(Cl)c(Cl)c1)N(Cc1ccsc1)Cc1ccco1. The lowest BCUT2D eigenvalue weighted by atomic mass is 10.3. The number of thiophene rings is 1. The molecule has 0 aliphatic rings. The summed E-state index contributed by atoms with van der Waals surface area (Å²) in [4.78, 5) is 14.3. The largest absolute Gasteiger partial charge is 0.467 e. The third-order valence-electron chi connectivity index (χ3n) is 3.34. The van der Waals surface area contributed by atoms with E-state index in [1.165, 1.54) is 0 Å². The normalized spacial score (nSPS) is 10.6. The molecule has 0 saturated heterocycles. The molecule has 2 heterocycles. The Bertz CT molecular complexity index is 768. The van der Waals surface area contributed by atoms with Crippen LogP contribution in [0.15, 0.2) is 57.8 Å². The highest BCUT2D eigenvalue weighted by molar-refractivity contribution is 7.07. The van der Waals surface area contributed by atoms with E-state index < -0.39 is 0 Å². The number of anilines is 1. The van der Waals surface area contributed by atoms with Gasteiger partial charge in [-0.15, -0.1) is 0 Å². The minimum absolute atomic E-state index is 0.240. The van der Waals surface area contributed by atoms with Crippen molar-refractivity contribution in [2.75, 3.05) is 5.32 Å².